The van der Waals surface area contributed by atoms with Crippen molar-refractivity contribution < 1.29 is 14.2 Å². The Morgan fingerprint density at radius 1 is 1.00 bits per heavy atom. The number of hydrogen-bond acceptors (Lipinski definition) is 7. The van der Waals surface area contributed by atoms with Crippen LogP contribution in [0.3, 0.4) is 0 Å². The van der Waals surface area contributed by atoms with Crippen molar-refractivity contribution in [2.24, 2.45) is 0 Å². The molecule has 30 heavy (non-hydrogen) atoms. The van der Waals surface area contributed by atoms with Gasteiger partial charge in [0.05, 0.1) is 30.3 Å². The Kier molecular flexibility index (Phi) is 5.95. The molecule has 2 aliphatic heterocycles. The quantitative estimate of drug-likeness (QED) is 0.433. The molecule has 0 bridgehead atoms. The van der Waals surface area contributed by atoms with E-state index in [-0.39, 0.29) is 0 Å². The van der Waals surface area contributed by atoms with Crippen LogP contribution in [0.5, 0.6) is 11.5 Å². The molecule has 3 heterocycles. The molecule has 0 saturated carbocycles. The van der Waals surface area contributed by atoms with E-state index < -0.39 is 0 Å². The standard InChI is InChI=1S/C22H22ClN3O3S/c23-17-11-15(12-19-21(17)29-10-9-28-19)14-30-22-16-3-1-2-4-18(16)24-20(25-22)13-26-5-7-27-8-6-26/h1-4,11-12H,5-10,13-14H2. The number of hydrogen-bond donors (Lipinski definition) is 0. The van der Waals surface area contributed by atoms with Gasteiger partial charge in [-0.1, -0.05) is 29.8 Å². The molecule has 8 heteroatoms. The molecule has 1 fully saturated rings. The third-order valence-corrected chi connectivity index (χ3v) is 6.46. The van der Waals surface area contributed by atoms with Crippen LogP contribution in [-0.2, 0) is 17.0 Å². The first-order chi connectivity index (χ1) is 14.8. The summed E-state index contributed by atoms with van der Waals surface area (Å²) < 4.78 is 16.8. The second-order valence-corrected chi connectivity index (χ2v) is 8.61. The molecule has 156 valence electrons. The highest BCUT2D eigenvalue weighted by atomic mass is 35.5. The summed E-state index contributed by atoms with van der Waals surface area (Å²) in [5.41, 5.74) is 2.05. The summed E-state index contributed by atoms with van der Waals surface area (Å²) >= 11 is 8.09. The van der Waals surface area contributed by atoms with Crippen molar-refractivity contribution in [1.29, 1.82) is 0 Å². The lowest BCUT2D eigenvalue weighted by atomic mass is 10.2. The van der Waals surface area contributed by atoms with E-state index in [0.717, 1.165) is 65.9 Å². The van der Waals surface area contributed by atoms with Gasteiger partial charge in [-0.25, -0.2) is 9.97 Å². The summed E-state index contributed by atoms with van der Waals surface area (Å²) in [6.07, 6.45) is 0. The van der Waals surface area contributed by atoms with Gasteiger partial charge in [-0.05, 0) is 23.8 Å². The van der Waals surface area contributed by atoms with Gasteiger partial charge in [-0.2, -0.15) is 0 Å². The van der Waals surface area contributed by atoms with Gasteiger partial charge < -0.3 is 14.2 Å². The van der Waals surface area contributed by atoms with Crippen molar-refractivity contribution in [1.82, 2.24) is 14.9 Å². The maximum atomic E-state index is 6.40. The molecule has 1 saturated heterocycles. The number of para-hydroxylation sites is 1. The highest BCUT2D eigenvalue weighted by Crippen LogP contribution is 2.40. The highest BCUT2D eigenvalue weighted by molar-refractivity contribution is 7.98. The first-order valence-corrected chi connectivity index (χ1v) is 11.4. The van der Waals surface area contributed by atoms with E-state index in [1.54, 1.807) is 11.8 Å². The Balaban J connectivity index is 1.40. The first-order valence-electron chi connectivity index (χ1n) is 10.0. The molecule has 0 spiro atoms. The minimum atomic E-state index is 0.527. The van der Waals surface area contributed by atoms with Crippen molar-refractivity contribution in [3.05, 3.63) is 52.8 Å². The van der Waals surface area contributed by atoms with Crippen LogP contribution < -0.4 is 9.47 Å². The molecule has 0 amide bonds. The summed E-state index contributed by atoms with van der Waals surface area (Å²) in [4.78, 5) is 12.0. The van der Waals surface area contributed by atoms with Crippen LogP contribution in [0, 0.1) is 0 Å². The van der Waals surface area contributed by atoms with Gasteiger partial charge in [0.25, 0.3) is 0 Å². The summed E-state index contributed by atoms with van der Waals surface area (Å²) in [7, 11) is 0. The van der Waals surface area contributed by atoms with E-state index >= 15 is 0 Å². The van der Waals surface area contributed by atoms with Gasteiger partial charge in [0.1, 0.15) is 24.1 Å². The van der Waals surface area contributed by atoms with Crippen molar-refractivity contribution >= 4 is 34.3 Å². The van der Waals surface area contributed by atoms with E-state index in [1.165, 1.54) is 0 Å². The fourth-order valence-corrected chi connectivity index (χ4v) is 4.89. The van der Waals surface area contributed by atoms with E-state index in [0.29, 0.717) is 29.7 Å². The number of aromatic nitrogens is 2. The monoisotopic (exact) mass is 443 g/mol. The lowest BCUT2D eigenvalue weighted by Crippen LogP contribution is -2.36. The zero-order chi connectivity index (χ0) is 20.3. The predicted octanol–water partition coefficient (Wildman–Crippen LogP) is 4.18. The van der Waals surface area contributed by atoms with Crippen LogP contribution in [0.4, 0.5) is 0 Å². The predicted molar refractivity (Wildman–Crippen MR) is 118 cm³/mol. The van der Waals surface area contributed by atoms with Crippen molar-refractivity contribution in [3.8, 4) is 11.5 Å². The molecular formula is C22H22ClN3O3S. The van der Waals surface area contributed by atoms with Crippen LogP contribution in [0.2, 0.25) is 5.02 Å². The summed E-state index contributed by atoms with van der Waals surface area (Å²) in [5, 5.41) is 2.63. The van der Waals surface area contributed by atoms with Crippen molar-refractivity contribution in [3.63, 3.8) is 0 Å². The topological polar surface area (TPSA) is 56.7 Å². The molecule has 0 unspecified atom stereocenters. The molecule has 6 nitrogen and oxygen atoms in total. The molecule has 0 radical (unpaired) electrons. The van der Waals surface area contributed by atoms with Gasteiger partial charge in [0, 0.05) is 24.2 Å². The second kappa shape index (κ2) is 8.98. The van der Waals surface area contributed by atoms with Gasteiger partial charge in [0.15, 0.2) is 11.5 Å². The third-order valence-electron chi connectivity index (χ3n) is 5.12. The van der Waals surface area contributed by atoms with Crippen molar-refractivity contribution in [2.75, 3.05) is 39.5 Å². The maximum Gasteiger partial charge on any atom is 0.179 e. The number of thioether (sulfide) groups is 1. The van der Waals surface area contributed by atoms with Crippen LogP contribution >= 0.6 is 23.4 Å². The molecule has 2 aromatic carbocycles. The zero-order valence-corrected chi connectivity index (χ0v) is 18.0. The average molecular weight is 444 g/mol. The number of nitrogens with zero attached hydrogens (tertiary/aromatic N) is 3. The molecule has 0 atom stereocenters. The number of benzene rings is 2. The normalized spacial score (nSPS) is 16.7. The Bertz CT molecular complexity index is 1060. The van der Waals surface area contributed by atoms with Crippen LogP contribution in [-0.4, -0.2) is 54.4 Å². The smallest absolute Gasteiger partial charge is 0.179 e. The number of fused-ring (bicyclic) bond motifs is 2. The Morgan fingerprint density at radius 3 is 2.73 bits per heavy atom. The van der Waals surface area contributed by atoms with E-state index in [2.05, 4.69) is 11.0 Å². The van der Waals surface area contributed by atoms with Gasteiger partial charge in [0.2, 0.25) is 0 Å². The minimum absolute atomic E-state index is 0.527. The lowest BCUT2D eigenvalue weighted by molar-refractivity contribution is 0.0330. The molecular weight excluding hydrogens is 422 g/mol. The molecule has 3 aromatic rings. The van der Waals surface area contributed by atoms with Gasteiger partial charge in [-0.15, -0.1) is 11.8 Å². The molecule has 0 aliphatic carbocycles. The summed E-state index contributed by atoms with van der Waals surface area (Å²) in [6.45, 7) is 5.15. The molecule has 1 aromatic heterocycles. The van der Waals surface area contributed by atoms with Crippen LogP contribution in [0.1, 0.15) is 11.4 Å². The lowest BCUT2D eigenvalue weighted by Gasteiger charge is -2.26. The third kappa shape index (κ3) is 4.34. The largest absolute Gasteiger partial charge is 0.486 e. The fourth-order valence-electron chi connectivity index (χ4n) is 3.63. The number of halogens is 1. The van der Waals surface area contributed by atoms with E-state index in [9.17, 15) is 0 Å². The van der Waals surface area contributed by atoms with Crippen LogP contribution in [0.15, 0.2) is 41.4 Å². The average Bonchev–Trinajstić information content (AvgIpc) is 2.78. The summed E-state index contributed by atoms with van der Waals surface area (Å²) in [5.74, 6) is 2.93. The second-order valence-electron chi connectivity index (χ2n) is 7.24. The van der Waals surface area contributed by atoms with Gasteiger partial charge >= 0.3 is 0 Å². The fraction of sp³-hybridized carbons (Fsp3) is 0.364. The Morgan fingerprint density at radius 2 is 1.83 bits per heavy atom. The highest BCUT2D eigenvalue weighted by Gasteiger charge is 2.18. The first kappa shape index (κ1) is 19.9. The van der Waals surface area contributed by atoms with Crippen LogP contribution in [0.25, 0.3) is 10.9 Å². The number of rotatable bonds is 5. The van der Waals surface area contributed by atoms with Crippen molar-refractivity contribution in [2.45, 2.75) is 17.3 Å². The number of ether oxygens (including phenoxy) is 3. The summed E-state index contributed by atoms with van der Waals surface area (Å²) in [6, 6.07) is 12.1. The maximum absolute atomic E-state index is 6.40. The Labute approximate surface area is 184 Å². The van der Waals surface area contributed by atoms with E-state index in [1.807, 2.05) is 30.3 Å². The molecule has 2 aliphatic rings. The zero-order valence-electron chi connectivity index (χ0n) is 16.5. The SMILES string of the molecule is Clc1cc(CSc2nc(CN3CCOCC3)nc3ccccc23)cc2c1OCCO2. The minimum Gasteiger partial charge on any atom is -0.486 e. The van der Waals surface area contributed by atoms with E-state index in [4.69, 9.17) is 35.8 Å². The van der Waals surface area contributed by atoms with Gasteiger partial charge in [-0.3, -0.25) is 4.90 Å². The molecule has 5 rings (SSSR count). The molecule has 0 N–H and O–H groups in total. The number of morpholine rings is 1. The Hall–Kier alpha value is -2.06.